The summed E-state index contributed by atoms with van der Waals surface area (Å²) in [6.07, 6.45) is 2.78. The van der Waals surface area contributed by atoms with E-state index in [0.29, 0.717) is 18.1 Å². The van der Waals surface area contributed by atoms with E-state index < -0.39 is 6.17 Å². The first kappa shape index (κ1) is 13.9. The molecular formula is C15H17FN4O. The molecule has 0 unspecified atom stereocenters. The molecule has 0 aromatic carbocycles. The third kappa shape index (κ3) is 2.85. The fourth-order valence-corrected chi connectivity index (χ4v) is 2.64. The number of pyridine rings is 1. The van der Waals surface area contributed by atoms with Gasteiger partial charge < -0.3 is 10.0 Å². The quantitative estimate of drug-likeness (QED) is 0.932. The van der Waals surface area contributed by atoms with Crippen LogP contribution in [0.15, 0.2) is 30.6 Å². The first-order valence-electron chi connectivity index (χ1n) is 6.95. The Labute approximate surface area is 122 Å². The van der Waals surface area contributed by atoms with E-state index in [2.05, 4.69) is 15.0 Å². The molecule has 5 nitrogen and oxygen atoms in total. The third-order valence-electron chi connectivity index (χ3n) is 3.65. The zero-order chi connectivity index (χ0) is 14.8. The van der Waals surface area contributed by atoms with Gasteiger partial charge in [-0.3, -0.25) is 4.98 Å². The van der Waals surface area contributed by atoms with Crippen molar-refractivity contribution in [3.63, 3.8) is 0 Å². The number of alkyl halides is 1. The average molecular weight is 288 g/mol. The standard InChI is InChI=1S/C15H17FN4O/c1-10-6-14(20-8-12(16)7-13(20)9-21)19-15(18-10)11-2-4-17-5-3-11/h2-6,12-13,21H,7-9H2,1H3/t12-,13-/m0/s1. The molecule has 1 N–H and O–H groups in total. The Hall–Kier alpha value is -2.08. The van der Waals surface area contributed by atoms with E-state index in [9.17, 15) is 9.50 Å². The maximum Gasteiger partial charge on any atom is 0.161 e. The number of aliphatic hydroxyl groups is 1. The molecule has 110 valence electrons. The van der Waals surface area contributed by atoms with Crippen LogP contribution in [0.1, 0.15) is 12.1 Å². The van der Waals surface area contributed by atoms with Crippen molar-refractivity contribution < 1.29 is 9.50 Å². The lowest BCUT2D eigenvalue weighted by atomic mass is 10.2. The summed E-state index contributed by atoms with van der Waals surface area (Å²) in [7, 11) is 0. The van der Waals surface area contributed by atoms with Gasteiger partial charge in [-0.1, -0.05) is 0 Å². The van der Waals surface area contributed by atoms with Gasteiger partial charge in [0.1, 0.15) is 12.0 Å². The number of hydrogen-bond donors (Lipinski definition) is 1. The lowest BCUT2D eigenvalue weighted by molar-refractivity contribution is 0.255. The third-order valence-corrected chi connectivity index (χ3v) is 3.65. The molecule has 0 saturated carbocycles. The van der Waals surface area contributed by atoms with E-state index >= 15 is 0 Å². The topological polar surface area (TPSA) is 62.1 Å². The highest BCUT2D eigenvalue weighted by Crippen LogP contribution is 2.27. The lowest BCUT2D eigenvalue weighted by Crippen LogP contribution is -2.33. The summed E-state index contributed by atoms with van der Waals surface area (Å²) in [6.45, 7) is 2.07. The highest BCUT2D eigenvalue weighted by molar-refractivity contribution is 5.57. The van der Waals surface area contributed by atoms with Crippen molar-refractivity contribution in [2.75, 3.05) is 18.1 Å². The predicted molar refractivity (Wildman–Crippen MR) is 77.7 cm³/mol. The molecule has 2 aromatic heterocycles. The second kappa shape index (κ2) is 5.73. The summed E-state index contributed by atoms with van der Waals surface area (Å²) >= 11 is 0. The number of nitrogens with zero attached hydrogens (tertiary/aromatic N) is 4. The molecule has 2 aromatic rings. The molecule has 3 heterocycles. The van der Waals surface area contributed by atoms with Crippen molar-refractivity contribution in [2.24, 2.45) is 0 Å². The number of aromatic nitrogens is 3. The summed E-state index contributed by atoms with van der Waals surface area (Å²) in [5, 5.41) is 9.41. The first-order valence-corrected chi connectivity index (χ1v) is 6.95. The fraction of sp³-hybridized carbons (Fsp3) is 0.400. The van der Waals surface area contributed by atoms with Gasteiger partial charge in [0, 0.05) is 36.1 Å². The number of aryl methyl sites for hydroxylation is 1. The summed E-state index contributed by atoms with van der Waals surface area (Å²) in [5.41, 5.74) is 1.68. The Balaban J connectivity index is 1.98. The van der Waals surface area contributed by atoms with Crippen molar-refractivity contribution in [2.45, 2.75) is 25.6 Å². The minimum atomic E-state index is -0.929. The number of hydrogen-bond acceptors (Lipinski definition) is 5. The number of halogens is 1. The van der Waals surface area contributed by atoms with Crippen molar-refractivity contribution >= 4 is 5.82 Å². The van der Waals surface area contributed by atoms with Gasteiger partial charge in [-0.15, -0.1) is 0 Å². The largest absolute Gasteiger partial charge is 0.394 e. The summed E-state index contributed by atoms with van der Waals surface area (Å²) in [4.78, 5) is 14.8. The first-order chi connectivity index (χ1) is 10.2. The average Bonchev–Trinajstić information content (AvgIpc) is 2.89. The lowest BCUT2D eigenvalue weighted by Gasteiger charge is -2.24. The van der Waals surface area contributed by atoms with Crippen molar-refractivity contribution in [1.29, 1.82) is 0 Å². The number of aliphatic hydroxyl groups excluding tert-OH is 1. The van der Waals surface area contributed by atoms with Gasteiger partial charge in [0.05, 0.1) is 19.2 Å². The van der Waals surface area contributed by atoms with Gasteiger partial charge in [-0.2, -0.15) is 0 Å². The van der Waals surface area contributed by atoms with Gasteiger partial charge in [0.25, 0.3) is 0 Å². The molecule has 0 spiro atoms. The molecule has 0 bridgehead atoms. The van der Waals surface area contributed by atoms with Gasteiger partial charge in [0.2, 0.25) is 0 Å². The van der Waals surface area contributed by atoms with Crippen LogP contribution >= 0.6 is 0 Å². The zero-order valence-corrected chi connectivity index (χ0v) is 11.8. The maximum absolute atomic E-state index is 13.6. The van der Waals surface area contributed by atoms with Crippen LogP contribution in [-0.4, -0.2) is 45.4 Å². The van der Waals surface area contributed by atoms with Crippen LogP contribution in [0.4, 0.5) is 10.2 Å². The minimum absolute atomic E-state index is 0.0753. The monoisotopic (exact) mass is 288 g/mol. The zero-order valence-electron chi connectivity index (χ0n) is 11.8. The molecule has 1 aliphatic rings. The minimum Gasteiger partial charge on any atom is -0.394 e. The second-order valence-corrected chi connectivity index (χ2v) is 5.25. The van der Waals surface area contributed by atoms with Crippen LogP contribution in [0.3, 0.4) is 0 Å². The van der Waals surface area contributed by atoms with E-state index in [1.807, 2.05) is 30.0 Å². The van der Waals surface area contributed by atoms with Crippen LogP contribution < -0.4 is 4.90 Å². The number of anilines is 1. The van der Waals surface area contributed by atoms with Crippen LogP contribution in [0.5, 0.6) is 0 Å². The van der Waals surface area contributed by atoms with Crippen LogP contribution in [0.25, 0.3) is 11.4 Å². The molecular weight excluding hydrogens is 271 g/mol. The van der Waals surface area contributed by atoms with E-state index in [1.165, 1.54) is 0 Å². The molecule has 1 fully saturated rings. The van der Waals surface area contributed by atoms with Crippen molar-refractivity contribution in [3.8, 4) is 11.4 Å². The molecule has 3 rings (SSSR count). The Morgan fingerprint density at radius 3 is 2.81 bits per heavy atom. The highest BCUT2D eigenvalue weighted by atomic mass is 19.1. The van der Waals surface area contributed by atoms with Crippen LogP contribution in [0, 0.1) is 6.92 Å². The van der Waals surface area contributed by atoms with E-state index in [0.717, 1.165) is 11.3 Å². The SMILES string of the molecule is Cc1cc(N2C[C@@H](F)C[C@H]2CO)nc(-c2ccncc2)n1. The predicted octanol–water partition coefficient (Wildman–Crippen LogP) is 1.76. The van der Waals surface area contributed by atoms with Crippen molar-refractivity contribution in [3.05, 3.63) is 36.3 Å². The van der Waals surface area contributed by atoms with Crippen molar-refractivity contribution in [1.82, 2.24) is 15.0 Å². The second-order valence-electron chi connectivity index (χ2n) is 5.25. The smallest absolute Gasteiger partial charge is 0.161 e. The van der Waals surface area contributed by atoms with Gasteiger partial charge in [-0.25, -0.2) is 14.4 Å². The number of rotatable bonds is 3. The summed E-state index contributed by atoms with van der Waals surface area (Å²) in [6, 6.07) is 5.28. The van der Waals surface area contributed by atoms with E-state index in [1.54, 1.807) is 12.4 Å². The van der Waals surface area contributed by atoms with Gasteiger partial charge in [-0.05, 0) is 19.1 Å². The Bertz CT molecular complexity index is 622. The summed E-state index contributed by atoms with van der Waals surface area (Å²) in [5.74, 6) is 1.25. The molecule has 0 amide bonds. The fourth-order valence-electron chi connectivity index (χ4n) is 2.64. The Morgan fingerprint density at radius 1 is 1.33 bits per heavy atom. The molecule has 0 radical (unpaired) electrons. The molecule has 6 heteroatoms. The van der Waals surface area contributed by atoms with Crippen LogP contribution in [-0.2, 0) is 0 Å². The maximum atomic E-state index is 13.6. The van der Waals surface area contributed by atoms with E-state index in [4.69, 9.17) is 0 Å². The Kier molecular flexibility index (Phi) is 3.79. The van der Waals surface area contributed by atoms with Gasteiger partial charge >= 0.3 is 0 Å². The normalized spacial score (nSPS) is 21.8. The highest BCUT2D eigenvalue weighted by Gasteiger charge is 2.32. The van der Waals surface area contributed by atoms with E-state index in [-0.39, 0.29) is 19.2 Å². The molecule has 1 aliphatic heterocycles. The Morgan fingerprint density at radius 2 is 2.10 bits per heavy atom. The van der Waals surface area contributed by atoms with Gasteiger partial charge in [0.15, 0.2) is 5.82 Å². The molecule has 21 heavy (non-hydrogen) atoms. The summed E-state index contributed by atoms with van der Waals surface area (Å²) < 4.78 is 13.6. The molecule has 2 atom stereocenters. The van der Waals surface area contributed by atoms with Crippen LogP contribution in [0.2, 0.25) is 0 Å². The molecule has 0 aliphatic carbocycles. The molecule has 1 saturated heterocycles.